The zero-order valence-electron chi connectivity index (χ0n) is 14.6. The molecule has 0 saturated heterocycles. The molecule has 4 rings (SSSR count). The maximum atomic E-state index is 11.9. The van der Waals surface area contributed by atoms with E-state index in [0.717, 1.165) is 17.7 Å². The first-order valence-electron chi connectivity index (χ1n) is 8.62. The van der Waals surface area contributed by atoms with Crippen molar-refractivity contribution >= 4 is 17.3 Å². The molecule has 2 aromatic rings. The third kappa shape index (κ3) is 2.81. The number of phenolic OH excluding ortho intramolecular Hbond substituents is 1. The number of fused-ring (bicyclic) bond motifs is 3. The quantitative estimate of drug-likeness (QED) is 0.370. The number of hydrogen-bond acceptors (Lipinski definition) is 6. The number of allylic oxidation sites excluding steroid dienone is 2. The van der Waals surface area contributed by atoms with E-state index in [4.69, 9.17) is 4.74 Å². The second kappa shape index (κ2) is 6.42. The number of nitro groups is 1. The van der Waals surface area contributed by atoms with Gasteiger partial charge in [0.2, 0.25) is 0 Å². The molecule has 7 nitrogen and oxygen atoms in total. The molecule has 2 aliphatic rings. The van der Waals surface area contributed by atoms with Crippen molar-refractivity contribution in [3.63, 3.8) is 0 Å². The van der Waals surface area contributed by atoms with Gasteiger partial charge in [0.1, 0.15) is 5.75 Å². The number of aromatic hydroxyl groups is 1. The van der Waals surface area contributed by atoms with Crippen LogP contribution in [0, 0.1) is 16.0 Å². The number of nitrogens with one attached hydrogen (secondary N) is 1. The molecule has 3 atom stereocenters. The minimum absolute atomic E-state index is 0.0263. The average molecular weight is 366 g/mol. The van der Waals surface area contributed by atoms with Crippen LogP contribution in [0.25, 0.3) is 0 Å². The summed E-state index contributed by atoms with van der Waals surface area (Å²) in [5.74, 6) is -0.235. The largest absolute Gasteiger partial charge is 0.508 e. The van der Waals surface area contributed by atoms with Crippen LogP contribution < -0.4 is 5.32 Å². The highest BCUT2D eigenvalue weighted by atomic mass is 16.6. The Hall–Kier alpha value is -3.35. The molecular weight excluding hydrogens is 348 g/mol. The number of hydrogen-bond donors (Lipinski definition) is 2. The first kappa shape index (κ1) is 17.1. The highest BCUT2D eigenvalue weighted by molar-refractivity contribution is 5.90. The minimum Gasteiger partial charge on any atom is -0.508 e. The SMILES string of the molecule is COC(=O)c1ccc2c(c1)C1C=CCC1C(c1cc([N+](=O)[O-])ccc1O)N2. The van der Waals surface area contributed by atoms with E-state index in [2.05, 4.69) is 17.5 Å². The molecule has 0 saturated carbocycles. The maximum Gasteiger partial charge on any atom is 0.337 e. The lowest BCUT2D eigenvalue weighted by atomic mass is 9.76. The van der Waals surface area contributed by atoms with Crippen molar-refractivity contribution < 1.29 is 19.6 Å². The summed E-state index contributed by atoms with van der Waals surface area (Å²) >= 11 is 0. The molecule has 2 aromatic carbocycles. The van der Waals surface area contributed by atoms with E-state index in [1.54, 1.807) is 6.07 Å². The molecule has 0 amide bonds. The van der Waals surface area contributed by atoms with Gasteiger partial charge in [0.05, 0.1) is 23.6 Å². The molecule has 0 radical (unpaired) electrons. The third-order valence-corrected chi connectivity index (χ3v) is 5.34. The molecule has 138 valence electrons. The summed E-state index contributed by atoms with van der Waals surface area (Å²) in [7, 11) is 1.35. The van der Waals surface area contributed by atoms with Gasteiger partial charge in [0.15, 0.2) is 0 Å². The molecule has 0 bridgehead atoms. The van der Waals surface area contributed by atoms with Gasteiger partial charge in [-0.3, -0.25) is 10.1 Å². The lowest BCUT2D eigenvalue weighted by molar-refractivity contribution is -0.385. The normalized spacial score (nSPS) is 22.5. The van der Waals surface area contributed by atoms with E-state index >= 15 is 0 Å². The molecule has 0 spiro atoms. The van der Waals surface area contributed by atoms with Crippen LogP contribution in [0.2, 0.25) is 0 Å². The molecule has 0 fully saturated rings. The molecule has 2 N–H and O–H groups in total. The van der Waals surface area contributed by atoms with Gasteiger partial charge >= 0.3 is 5.97 Å². The van der Waals surface area contributed by atoms with Gasteiger partial charge in [-0.25, -0.2) is 4.79 Å². The van der Waals surface area contributed by atoms with Gasteiger partial charge in [0.25, 0.3) is 5.69 Å². The summed E-state index contributed by atoms with van der Waals surface area (Å²) in [4.78, 5) is 22.6. The predicted octanol–water partition coefficient (Wildman–Crippen LogP) is 3.91. The van der Waals surface area contributed by atoms with E-state index < -0.39 is 10.9 Å². The molecule has 0 aromatic heterocycles. The number of methoxy groups -OCH3 is 1. The summed E-state index contributed by atoms with van der Waals surface area (Å²) < 4.78 is 4.81. The number of carbonyl (C=O) groups is 1. The molecule has 1 heterocycles. The summed E-state index contributed by atoms with van der Waals surface area (Å²) in [6.45, 7) is 0. The zero-order chi connectivity index (χ0) is 19.1. The summed E-state index contributed by atoms with van der Waals surface area (Å²) in [5.41, 5.74) is 2.75. The van der Waals surface area contributed by atoms with E-state index in [1.165, 1.54) is 25.3 Å². The fourth-order valence-corrected chi connectivity index (χ4v) is 4.05. The number of anilines is 1. The van der Waals surface area contributed by atoms with Crippen molar-refractivity contribution in [3.05, 3.63) is 75.4 Å². The van der Waals surface area contributed by atoms with E-state index in [9.17, 15) is 20.0 Å². The van der Waals surface area contributed by atoms with Crippen molar-refractivity contribution in [1.29, 1.82) is 0 Å². The van der Waals surface area contributed by atoms with E-state index in [0.29, 0.717) is 11.1 Å². The standard InChI is InChI=1S/C20H18N2O5/c1-27-20(24)11-5-7-17-15(9-11)13-3-2-4-14(13)19(21-17)16-10-12(22(25)26)6-8-18(16)23/h2-3,5-10,13-14,19,21,23H,4H2,1H3. The van der Waals surface area contributed by atoms with Crippen molar-refractivity contribution in [2.45, 2.75) is 18.4 Å². The Labute approximate surface area is 155 Å². The van der Waals surface area contributed by atoms with Gasteiger partial charge in [-0.2, -0.15) is 0 Å². The van der Waals surface area contributed by atoms with Crippen molar-refractivity contribution in [2.24, 2.45) is 5.92 Å². The number of benzene rings is 2. The molecule has 1 aliphatic heterocycles. The molecule has 3 unspecified atom stereocenters. The Morgan fingerprint density at radius 1 is 1.26 bits per heavy atom. The number of ether oxygens (including phenoxy) is 1. The Morgan fingerprint density at radius 2 is 2.07 bits per heavy atom. The van der Waals surface area contributed by atoms with Crippen molar-refractivity contribution in [3.8, 4) is 5.75 Å². The number of nitrogens with zero attached hydrogens (tertiary/aromatic N) is 1. The number of phenols is 1. The average Bonchev–Trinajstić information content (AvgIpc) is 3.17. The first-order valence-corrected chi connectivity index (χ1v) is 8.62. The predicted molar refractivity (Wildman–Crippen MR) is 98.9 cm³/mol. The van der Waals surface area contributed by atoms with Crippen LogP contribution in [0.15, 0.2) is 48.6 Å². The molecule has 7 heteroatoms. The summed E-state index contributed by atoms with van der Waals surface area (Å²) in [6.07, 6.45) is 4.93. The minimum atomic E-state index is -0.466. The molecule has 1 aliphatic carbocycles. The van der Waals surface area contributed by atoms with Crippen LogP contribution in [0.3, 0.4) is 0 Å². The number of esters is 1. The fourth-order valence-electron chi connectivity index (χ4n) is 4.05. The highest BCUT2D eigenvalue weighted by Gasteiger charge is 2.39. The Balaban J connectivity index is 1.78. The lowest BCUT2D eigenvalue weighted by Gasteiger charge is -2.37. The van der Waals surface area contributed by atoms with Crippen LogP contribution in [0.5, 0.6) is 5.75 Å². The van der Waals surface area contributed by atoms with E-state index in [1.807, 2.05) is 12.1 Å². The van der Waals surface area contributed by atoms with Gasteiger partial charge in [0, 0.05) is 29.3 Å². The second-order valence-electron chi connectivity index (χ2n) is 6.77. The van der Waals surface area contributed by atoms with Crippen LogP contribution in [0.4, 0.5) is 11.4 Å². The fraction of sp³-hybridized carbons (Fsp3) is 0.250. The Kier molecular flexibility index (Phi) is 4.07. The Morgan fingerprint density at radius 3 is 2.81 bits per heavy atom. The maximum absolute atomic E-state index is 11.9. The molecular formula is C20H18N2O5. The van der Waals surface area contributed by atoms with Gasteiger partial charge < -0.3 is 15.2 Å². The topological polar surface area (TPSA) is 102 Å². The number of rotatable bonds is 3. The molecule has 27 heavy (non-hydrogen) atoms. The van der Waals surface area contributed by atoms with Gasteiger partial charge in [-0.05, 0) is 42.2 Å². The van der Waals surface area contributed by atoms with Crippen LogP contribution in [0.1, 0.15) is 39.9 Å². The number of non-ortho nitro benzene ring substituents is 1. The van der Waals surface area contributed by atoms with Crippen molar-refractivity contribution in [1.82, 2.24) is 0 Å². The monoisotopic (exact) mass is 366 g/mol. The summed E-state index contributed by atoms with van der Waals surface area (Å²) in [6, 6.07) is 9.12. The summed E-state index contributed by atoms with van der Waals surface area (Å²) in [5, 5.41) is 24.9. The number of nitro benzene ring substituents is 1. The second-order valence-corrected chi connectivity index (χ2v) is 6.77. The lowest BCUT2D eigenvalue weighted by Crippen LogP contribution is -2.29. The smallest absolute Gasteiger partial charge is 0.337 e. The third-order valence-electron chi connectivity index (χ3n) is 5.34. The van der Waals surface area contributed by atoms with Crippen LogP contribution in [-0.4, -0.2) is 23.1 Å². The van der Waals surface area contributed by atoms with Gasteiger partial charge in [-0.1, -0.05) is 12.2 Å². The first-order chi connectivity index (χ1) is 13.0. The Bertz CT molecular complexity index is 969. The van der Waals surface area contributed by atoms with Gasteiger partial charge in [-0.15, -0.1) is 0 Å². The zero-order valence-corrected chi connectivity index (χ0v) is 14.6. The highest BCUT2D eigenvalue weighted by Crippen LogP contribution is 2.51. The number of carbonyl (C=O) groups excluding carboxylic acids is 1. The van der Waals surface area contributed by atoms with Crippen LogP contribution in [-0.2, 0) is 4.74 Å². The van der Waals surface area contributed by atoms with Crippen molar-refractivity contribution in [2.75, 3.05) is 12.4 Å². The van der Waals surface area contributed by atoms with E-state index in [-0.39, 0.29) is 29.3 Å². The van der Waals surface area contributed by atoms with Crippen LogP contribution >= 0.6 is 0 Å².